The Balaban J connectivity index is 1.64. The maximum absolute atomic E-state index is 6.39. The minimum atomic E-state index is -0.136. The number of benzene rings is 2. The van der Waals surface area contributed by atoms with Gasteiger partial charge >= 0.3 is 0 Å². The van der Waals surface area contributed by atoms with E-state index >= 15 is 0 Å². The Morgan fingerprint density at radius 3 is 2.63 bits per heavy atom. The van der Waals surface area contributed by atoms with Gasteiger partial charge in [-0.1, -0.05) is 54.1 Å². The summed E-state index contributed by atoms with van der Waals surface area (Å²) in [7, 11) is 0. The van der Waals surface area contributed by atoms with Gasteiger partial charge in [-0.15, -0.1) is 10.2 Å². The molecule has 4 heterocycles. The number of aryl methyl sites for hydroxylation is 1. The number of fused-ring (bicyclic) bond motifs is 4. The number of hydrogen-bond acceptors (Lipinski definition) is 5. The normalized spacial score (nSPS) is 14.9. The van der Waals surface area contributed by atoms with Crippen LogP contribution in [0, 0.1) is 6.92 Å². The van der Waals surface area contributed by atoms with E-state index in [1.165, 1.54) is 0 Å². The lowest BCUT2D eigenvalue weighted by Crippen LogP contribution is -2.15. The van der Waals surface area contributed by atoms with Crippen molar-refractivity contribution >= 4 is 17.2 Å². The molecule has 0 saturated carbocycles. The quantitative estimate of drug-likeness (QED) is 0.441. The average Bonchev–Trinajstić information content (AvgIpc) is 3.37. The zero-order chi connectivity index (χ0) is 20.2. The van der Waals surface area contributed by atoms with E-state index < -0.39 is 0 Å². The van der Waals surface area contributed by atoms with E-state index in [0.29, 0.717) is 28.3 Å². The molecule has 0 unspecified atom stereocenters. The number of nitrogens with one attached hydrogen (secondary N) is 1. The molecule has 0 aliphatic carbocycles. The van der Waals surface area contributed by atoms with Crippen molar-refractivity contribution < 1.29 is 4.74 Å². The third-order valence-corrected chi connectivity index (χ3v) is 5.69. The lowest BCUT2D eigenvalue weighted by atomic mass is 9.84. The van der Waals surface area contributed by atoms with Gasteiger partial charge in [-0.3, -0.25) is 5.10 Å². The van der Waals surface area contributed by atoms with E-state index in [0.717, 1.165) is 27.9 Å². The van der Waals surface area contributed by atoms with E-state index in [4.69, 9.17) is 21.3 Å². The first-order valence-electron chi connectivity index (χ1n) is 9.48. The van der Waals surface area contributed by atoms with Crippen molar-refractivity contribution in [2.75, 3.05) is 0 Å². The van der Waals surface area contributed by atoms with Crippen LogP contribution in [0.4, 0.5) is 0 Å². The van der Waals surface area contributed by atoms with Crippen LogP contribution in [0.3, 0.4) is 0 Å². The molecule has 1 aliphatic heterocycles. The van der Waals surface area contributed by atoms with Crippen LogP contribution in [0.5, 0.6) is 11.8 Å². The number of H-pyrrole nitrogens is 1. The van der Waals surface area contributed by atoms with E-state index in [1.54, 1.807) is 10.8 Å². The highest BCUT2D eigenvalue weighted by atomic mass is 35.5. The Labute approximate surface area is 176 Å². The topological polar surface area (TPSA) is 81.0 Å². The Morgan fingerprint density at radius 1 is 1.00 bits per heavy atom. The number of halogens is 1. The number of hydrogen-bond donors (Lipinski definition) is 1. The monoisotopic (exact) mass is 414 g/mol. The fourth-order valence-electron chi connectivity index (χ4n) is 4.00. The number of rotatable bonds is 2. The minimum Gasteiger partial charge on any atom is -0.418 e. The molecule has 0 saturated heterocycles. The second kappa shape index (κ2) is 6.40. The highest BCUT2D eigenvalue weighted by Crippen LogP contribution is 2.48. The van der Waals surface area contributed by atoms with E-state index in [9.17, 15) is 0 Å². The second-order valence-electron chi connectivity index (χ2n) is 7.16. The molecule has 0 amide bonds. The van der Waals surface area contributed by atoms with Crippen molar-refractivity contribution in [3.8, 4) is 23.1 Å². The zero-order valence-electron chi connectivity index (χ0n) is 15.9. The van der Waals surface area contributed by atoms with E-state index in [2.05, 4.69) is 32.4 Å². The molecule has 1 atom stereocenters. The predicted octanol–water partition coefficient (Wildman–Crippen LogP) is 4.76. The molecule has 30 heavy (non-hydrogen) atoms. The van der Waals surface area contributed by atoms with Crippen LogP contribution in [0.1, 0.15) is 28.3 Å². The van der Waals surface area contributed by atoms with Crippen LogP contribution < -0.4 is 4.74 Å². The van der Waals surface area contributed by atoms with Crippen molar-refractivity contribution in [3.05, 3.63) is 88.3 Å². The zero-order valence-corrected chi connectivity index (χ0v) is 16.6. The SMILES string of the molecule is Cc1[nH]nc2c1[C@@H](c1ccccc1)c1c(ncn3nc(-c4ccccc4Cl)nc13)O2. The van der Waals surface area contributed by atoms with Crippen LogP contribution >= 0.6 is 11.6 Å². The number of aromatic nitrogens is 6. The lowest BCUT2D eigenvalue weighted by molar-refractivity contribution is 0.416. The van der Waals surface area contributed by atoms with Gasteiger partial charge in [0.05, 0.1) is 16.5 Å². The number of ether oxygens (including phenoxy) is 1. The smallest absolute Gasteiger partial charge is 0.244 e. The molecule has 1 aliphatic rings. The van der Waals surface area contributed by atoms with Crippen molar-refractivity contribution in [1.29, 1.82) is 0 Å². The molecule has 0 bridgehead atoms. The Hall–Kier alpha value is -3.71. The van der Waals surface area contributed by atoms with E-state index in [1.807, 2.05) is 49.4 Å². The summed E-state index contributed by atoms with van der Waals surface area (Å²) in [5.41, 5.74) is 5.32. The lowest BCUT2D eigenvalue weighted by Gasteiger charge is -2.25. The molecular formula is C22H15ClN6O. The van der Waals surface area contributed by atoms with Gasteiger partial charge in [0.2, 0.25) is 11.8 Å². The molecule has 6 rings (SSSR count). The fourth-order valence-corrected chi connectivity index (χ4v) is 4.22. The molecule has 8 heteroatoms. The summed E-state index contributed by atoms with van der Waals surface area (Å²) in [5.74, 6) is 1.42. The van der Waals surface area contributed by atoms with Crippen molar-refractivity contribution in [3.63, 3.8) is 0 Å². The van der Waals surface area contributed by atoms with Crippen LogP contribution in [-0.2, 0) is 0 Å². The first kappa shape index (κ1) is 17.2. The van der Waals surface area contributed by atoms with Gasteiger partial charge in [0.1, 0.15) is 6.33 Å². The Morgan fingerprint density at radius 2 is 1.80 bits per heavy atom. The molecule has 1 N–H and O–H groups in total. The summed E-state index contributed by atoms with van der Waals surface area (Å²) in [6.07, 6.45) is 1.61. The van der Waals surface area contributed by atoms with Crippen LogP contribution in [0.15, 0.2) is 60.9 Å². The van der Waals surface area contributed by atoms with Gasteiger partial charge < -0.3 is 4.74 Å². The Bertz CT molecular complexity index is 1410. The highest BCUT2D eigenvalue weighted by Gasteiger charge is 2.36. The molecule has 2 aromatic carbocycles. The largest absolute Gasteiger partial charge is 0.418 e. The average molecular weight is 415 g/mol. The van der Waals surface area contributed by atoms with Gasteiger partial charge in [0.25, 0.3) is 0 Å². The highest BCUT2D eigenvalue weighted by molar-refractivity contribution is 6.33. The first-order valence-corrected chi connectivity index (χ1v) is 9.86. The molecular weight excluding hydrogens is 400 g/mol. The molecule has 0 spiro atoms. The van der Waals surface area contributed by atoms with Crippen LogP contribution in [0.2, 0.25) is 5.02 Å². The van der Waals surface area contributed by atoms with Gasteiger partial charge in [-0.25, -0.2) is 14.5 Å². The molecule has 5 aromatic rings. The maximum atomic E-state index is 6.39. The maximum Gasteiger partial charge on any atom is 0.244 e. The first-order chi connectivity index (χ1) is 14.7. The van der Waals surface area contributed by atoms with Crippen molar-refractivity contribution in [2.24, 2.45) is 0 Å². The van der Waals surface area contributed by atoms with Crippen LogP contribution in [0.25, 0.3) is 17.0 Å². The summed E-state index contributed by atoms with van der Waals surface area (Å²) in [4.78, 5) is 9.35. The second-order valence-corrected chi connectivity index (χ2v) is 7.57. The van der Waals surface area contributed by atoms with Gasteiger partial charge in [0, 0.05) is 16.8 Å². The minimum absolute atomic E-state index is 0.136. The standard InChI is InChI=1S/C22H15ClN6O/c1-12-16-17(13-7-3-2-4-8-13)18-20-25-19(14-9-5-6-10-15(14)23)28-29(20)11-24-21(18)30-22(16)27-26-12/h2-11,17H,1H3,(H,26,27)/t17-/m1/s1. The predicted molar refractivity (Wildman–Crippen MR) is 112 cm³/mol. The van der Waals surface area contributed by atoms with Crippen molar-refractivity contribution in [2.45, 2.75) is 12.8 Å². The van der Waals surface area contributed by atoms with E-state index in [-0.39, 0.29) is 5.92 Å². The summed E-state index contributed by atoms with van der Waals surface area (Å²) < 4.78 is 7.71. The number of nitrogens with zero attached hydrogens (tertiary/aromatic N) is 5. The third kappa shape index (κ3) is 2.45. The van der Waals surface area contributed by atoms with Crippen molar-refractivity contribution in [1.82, 2.24) is 29.8 Å². The summed E-state index contributed by atoms with van der Waals surface area (Å²) in [5, 5.41) is 12.6. The van der Waals surface area contributed by atoms with Gasteiger partial charge in [-0.05, 0) is 24.6 Å². The van der Waals surface area contributed by atoms with Gasteiger partial charge in [-0.2, -0.15) is 0 Å². The molecule has 0 radical (unpaired) electrons. The van der Waals surface area contributed by atoms with Gasteiger partial charge in [0.15, 0.2) is 11.5 Å². The molecule has 3 aromatic heterocycles. The van der Waals surface area contributed by atoms with Crippen LogP contribution in [-0.4, -0.2) is 29.8 Å². The molecule has 146 valence electrons. The number of aromatic amines is 1. The summed E-state index contributed by atoms with van der Waals surface area (Å²) >= 11 is 6.39. The summed E-state index contributed by atoms with van der Waals surface area (Å²) in [6.45, 7) is 1.99. The third-order valence-electron chi connectivity index (χ3n) is 5.36. The molecule has 0 fully saturated rings. The summed E-state index contributed by atoms with van der Waals surface area (Å²) in [6, 6.07) is 17.7. The molecule has 7 nitrogen and oxygen atoms in total. The Kier molecular flexibility index (Phi) is 3.66. The fraction of sp³-hybridized carbons (Fsp3) is 0.0909.